The fraction of sp³-hybridized carbons (Fsp3) is 0.500. The SMILES string of the molecule is CCC(CC(O)(C=O)C(F)(F)F)c1ccc(F)c(F)c1OC. The van der Waals surface area contributed by atoms with Crippen LogP contribution in [-0.4, -0.2) is 30.3 Å². The van der Waals surface area contributed by atoms with Crippen molar-refractivity contribution in [2.75, 3.05) is 7.11 Å². The van der Waals surface area contributed by atoms with Crippen molar-refractivity contribution in [3.8, 4) is 5.75 Å². The lowest BCUT2D eigenvalue weighted by atomic mass is 9.84. The standard InChI is InChI=1S/C14H15F5O3/c1-3-8(6-13(21,7-20)14(17,18)19)9-4-5-10(15)11(16)12(9)22-2/h4-5,7-8,21H,3,6H2,1-2H3. The van der Waals surface area contributed by atoms with E-state index in [-0.39, 0.29) is 12.0 Å². The van der Waals surface area contributed by atoms with Gasteiger partial charge in [0, 0.05) is 5.56 Å². The second-order valence-corrected chi connectivity index (χ2v) is 4.83. The van der Waals surface area contributed by atoms with E-state index in [1.54, 1.807) is 0 Å². The van der Waals surface area contributed by atoms with Crippen LogP contribution in [0.2, 0.25) is 0 Å². The number of ether oxygens (including phenoxy) is 1. The molecule has 0 radical (unpaired) electrons. The first kappa shape index (κ1) is 18.3. The molecule has 124 valence electrons. The van der Waals surface area contributed by atoms with Crippen LogP contribution in [0.1, 0.15) is 31.2 Å². The number of methoxy groups -OCH3 is 1. The van der Waals surface area contributed by atoms with Gasteiger partial charge in [-0.2, -0.15) is 17.6 Å². The third kappa shape index (κ3) is 3.37. The first-order chi connectivity index (χ1) is 10.1. The molecule has 0 aliphatic carbocycles. The van der Waals surface area contributed by atoms with Crippen molar-refractivity contribution in [2.45, 2.75) is 37.5 Å². The van der Waals surface area contributed by atoms with Gasteiger partial charge in [-0.1, -0.05) is 13.0 Å². The summed E-state index contributed by atoms with van der Waals surface area (Å²) in [5, 5.41) is 9.51. The quantitative estimate of drug-likeness (QED) is 0.644. The summed E-state index contributed by atoms with van der Waals surface area (Å²) in [5.41, 5.74) is -3.61. The molecule has 1 N–H and O–H groups in total. The van der Waals surface area contributed by atoms with Gasteiger partial charge in [-0.15, -0.1) is 0 Å². The summed E-state index contributed by atoms with van der Waals surface area (Å²) in [6.45, 7) is 1.49. The molecule has 2 atom stereocenters. The van der Waals surface area contributed by atoms with Crippen molar-refractivity contribution >= 4 is 6.29 Å². The molecule has 8 heteroatoms. The van der Waals surface area contributed by atoms with Gasteiger partial charge < -0.3 is 9.84 Å². The molecule has 0 bridgehead atoms. The fourth-order valence-electron chi connectivity index (χ4n) is 2.16. The maximum atomic E-state index is 13.7. The number of carbonyl (C=O) groups excluding carboxylic acids is 1. The average Bonchev–Trinajstić information content (AvgIpc) is 2.46. The van der Waals surface area contributed by atoms with E-state index >= 15 is 0 Å². The minimum Gasteiger partial charge on any atom is -0.493 e. The van der Waals surface area contributed by atoms with Gasteiger partial charge in [-0.3, -0.25) is 4.79 Å². The summed E-state index contributed by atoms with van der Waals surface area (Å²) in [5.74, 6) is -4.14. The minimum atomic E-state index is -5.17. The van der Waals surface area contributed by atoms with Crippen molar-refractivity contribution in [3.05, 3.63) is 29.3 Å². The zero-order valence-corrected chi connectivity index (χ0v) is 11.9. The zero-order chi connectivity index (χ0) is 17.1. The van der Waals surface area contributed by atoms with Crippen LogP contribution < -0.4 is 4.74 Å². The molecule has 0 aliphatic heterocycles. The van der Waals surface area contributed by atoms with E-state index in [9.17, 15) is 31.9 Å². The highest BCUT2D eigenvalue weighted by atomic mass is 19.4. The Hall–Kier alpha value is -1.70. The van der Waals surface area contributed by atoms with Crippen molar-refractivity contribution in [2.24, 2.45) is 0 Å². The second-order valence-electron chi connectivity index (χ2n) is 4.83. The molecule has 3 nitrogen and oxygen atoms in total. The van der Waals surface area contributed by atoms with Crippen molar-refractivity contribution in [3.63, 3.8) is 0 Å². The number of hydrogen-bond donors (Lipinski definition) is 1. The lowest BCUT2D eigenvalue weighted by Crippen LogP contribution is -2.47. The Labute approximate surface area is 123 Å². The number of hydrogen-bond acceptors (Lipinski definition) is 3. The van der Waals surface area contributed by atoms with Gasteiger partial charge in [0.25, 0.3) is 0 Å². The number of alkyl halides is 3. The smallest absolute Gasteiger partial charge is 0.424 e. The molecule has 1 rings (SSSR count). The molecule has 0 amide bonds. The summed E-state index contributed by atoms with van der Waals surface area (Å²) >= 11 is 0. The highest BCUT2D eigenvalue weighted by Gasteiger charge is 2.54. The number of halogens is 5. The third-order valence-electron chi connectivity index (χ3n) is 3.46. The highest BCUT2D eigenvalue weighted by Crippen LogP contribution is 2.41. The topological polar surface area (TPSA) is 46.5 Å². The maximum Gasteiger partial charge on any atom is 0.424 e. The lowest BCUT2D eigenvalue weighted by Gasteiger charge is -2.29. The van der Waals surface area contributed by atoms with E-state index < -0.39 is 47.8 Å². The van der Waals surface area contributed by atoms with E-state index in [2.05, 4.69) is 0 Å². The normalized spacial score (nSPS) is 16.0. The van der Waals surface area contributed by atoms with Crippen LogP contribution in [0.15, 0.2) is 12.1 Å². The Bertz CT molecular complexity index is 544. The van der Waals surface area contributed by atoms with Gasteiger partial charge in [-0.05, 0) is 24.8 Å². The van der Waals surface area contributed by atoms with E-state index in [0.29, 0.717) is 0 Å². The van der Waals surface area contributed by atoms with Crippen molar-refractivity contribution in [1.29, 1.82) is 0 Å². The molecule has 1 aromatic carbocycles. The molecule has 0 heterocycles. The Balaban J connectivity index is 3.29. The Morgan fingerprint density at radius 1 is 1.32 bits per heavy atom. The molecule has 0 saturated carbocycles. The largest absolute Gasteiger partial charge is 0.493 e. The molecule has 0 spiro atoms. The third-order valence-corrected chi connectivity index (χ3v) is 3.46. The first-order valence-corrected chi connectivity index (χ1v) is 6.38. The van der Waals surface area contributed by atoms with E-state index in [1.807, 2.05) is 0 Å². The van der Waals surface area contributed by atoms with Crippen LogP contribution in [-0.2, 0) is 4.79 Å². The number of rotatable bonds is 6. The van der Waals surface area contributed by atoms with Gasteiger partial charge in [0.05, 0.1) is 7.11 Å². The van der Waals surface area contributed by atoms with Gasteiger partial charge in [0.15, 0.2) is 17.9 Å². The molecule has 0 aliphatic rings. The summed E-state index contributed by atoms with van der Waals surface area (Å²) in [4.78, 5) is 10.7. The highest BCUT2D eigenvalue weighted by molar-refractivity contribution is 5.64. The number of aldehydes is 1. The summed E-state index contributed by atoms with van der Waals surface area (Å²) < 4.78 is 69.9. The monoisotopic (exact) mass is 326 g/mol. The number of benzene rings is 1. The Morgan fingerprint density at radius 2 is 1.91 bits per heavy atom. The average molecular weight is 326 g/mol. The molecular weight excluding hydrogens is 311 g/mol. The van der Waals surface area contributed by atoms with Gasteiger partial charge >= 0.3 is 6.18 Å². The molecule has 2 unspecified atom stereocenters. The van der Waals surface area contributed by atoms with Crippen molar-refractivity contribution < 1.29 is 36.6 Å². The molecule has 22 heavy (non-hydrogen) atoms. The van der Waals surface area contributed by atoms with Gasteiger partial charge in [0.1, 0.15) is 0 Å². The Morgan fingerprint density at radius 3 is 2.32 bits per heavy atom. The van der Waals surface area contributed by atoms with E-state index in [0.717, 1.165) is 19.2 Å². The number of carbonyl (C=O) groups is 1. The van der Waals surface area contributed by atoms with E-state index in [4.69, 9.17) is 4.74 Å². The van der Waals surface area contributed by atoms with E-state index in [1.165, 1.54) is 6.92 Å². The predicted molar refractivity (Wildman–Crippen MR) is 67.6 cm³/mol. The van der Waals surface area contributed by atoms with Crippen molar-refractivity contribution in [1.82, 2.24) is 0 Å². The minimum absolute atomic E-state index is 0.0478. The van der Waals surface area contributed by atoms with Crippen LogP contribution in [0.25, 0.3) is 0 Å². The molecule has 0 fully saturated rings. The molecule has 0 saturated heterocycles. The maximum absolute atomic E-state index is 13.7. The molecule has 1 aromatic rings. The van der Waals surface area contributed by atoms with Crippen LogP contribution in [0, 0.1) is 11.6 Å². The predicted octanol–water partition coefficient (Wildman–Crippen LogP) is 3.35. The fourth-order valence-corrected chi connectivity index (χ4v) is 2.16. The molecular formula is C14H15F5O3. The second kappa shape index (κ2) is 6.60. The molecule has 0 aromatic heterocycles. The van der Waals surface area contributed by atoms with Gasteiger partial charge in [0.2, 0.25) is 11.4 Å². The first-order valence-electron chi connectivity index (χ1n) is 6.38. The zero-order valence-electron chi connectivity index (χ0n) is 11.9. The summed E-state index contributed by atoms with van der Waals surface area (Å²) in [6.07, 6.45) is -6.73. The lowest BCUT2D eigenvalue weighted by molar-refractivity contribution is -0.247. The van der Waals surface area contributed by atoms with Crippen LogP contribution in [0.4, 0.5) is 22.0 Å². The summed E-state index contributed by atoms with van der Waals surface area (Å²) in [7, 11) is 1.05. The van der Waals surface area contributed by atoms with Crippen LogP contribution in [0.5, 0.6) is 5.75 Å². The van der Waals surface area contributed by atoms with Crippen LogP contribution >= 0.6 is 0 Å². The Kier molecular flexibility index (Phi) is 5.50. The summed E-state index contributed by atoms with van der Waals surface area (Å²) in [6, 6.07) is 1.83. The van der Waals surface area contributed by atoms with Crippen LogP contribution in [0.3, 0.4) is 0 Å². The number of aliphatic hydroxyl groups is 1. The van der Waals surface area contributed by atoms with Gasteiger partial charge in [-0.25, -0.2) is 4.39 Å².